The van der Waals surface area contributed by atoms with Gasteiger partial charge in [0.2, 0.25) is 0 Å². The highest BCUT2D eigenvalue weighted by Gasteiger charge is 2.08. The highest BCUT2D eigenvalue weighted by molar-refractivity contribution is 5.33. The second-order valence-corrected chi connectivity index (χ2v) is 5.10. The lowest BCUT2D eigenvalue weighted by molar-refractivity contribution is 0.174. The van der Waals surface area contributed by atoms with Gasteiger partial charge in [-0.3, -0.25) is 0 Å². The summed E-state index contributed by atoms with van der Waals surface area (Å²) in [5.41, 5.74) is 3.21. The van der Waals surface area contributed by atoms with E-state index in [1.54, 1.807) is 0 Å². The van der Waals surface area contributed by atoms with Crippen molar-refractivity contribution in [1.29, 1.82) is 0 Å². The largest absolute Gasteiger partial charge is 0.494 e. The molecule has 0 heterocycles. The zero-order valence-corrected chi connectivity index (χ0v) is 12.7. The van der Waals surface area contributed by atoms with Gasteiger partial charge in [-0.2, -0.15) is 0 Å². The Morgan fingerprint density at radius 1 is 1.14 bits per heavy atom. The Morgan fingerprint density at radius 2 is 1.95 bits per heavy atom. The monoisotopic (exact) mass is 285 g/mol. The molecule has 0 aromatic heterocycles. The Kier molecular flexibility index (Phi) is 5.78. The Balaban J connectivity index is 1.89. The van der Waals surface area contributed by atoms with E-state index < -0.39 is 6.10 Å². The molecule has 0 aliphatic heterocycles. The van der Waals surface area contributed by atoms with Gasteiger partial charge in [0.25, 0.3) is 0 Å². The molecule has 0 fully saturated rings. The van der Waals surface area contributed by atoms with E-state index >= 15 is 0 Å². The van der Waals surface area contributed by atoms with E-state index in [0.29, 0.717) is 19.7 Å². The molecule has 3 heteroatoms. The Bertz CT molecular complexity index is 569. The molecule has 0 aliphatic rings. The first-order valence-electron chi connectivity index (χ1n) is 7.36. The minimum Gasteiger partial charge on any atom is -0.494 e. The zero-order chi connectivity index (χ0) is 15.1. The van der Waals surface area contributed by atoms with E-state index in [4.69, 9.17) is 4.74 Å². The number of aryl methyl sites for hydroxylation is 1. The van der Waals surface area contributed by atoms with Gasteiger partial charge in [0.1, 0.15) is 5.75 Å². The third kappa shape index (κ3) is 4.59. The molecule has 2 rings (SSSR count). The van der Waals surface area contributed by atoms with Gasteiger partial charge in [0.05, 0.1) is 12.7 Å². The lowest BCUT2D eigenvalue weighted by Gasteiger charge is -2.14. The molecule has 0 aliphatic carbocycles. The molecule has 2 aromatic rings. The Hall–Kier alpha value is -1.84. The fraction of sp³-hybridized carbons (Fsp3) is 0.333. The van der Waals surface area contributed by atoms with Gasteiger partial charge in [0, 0.05) is 18.7 Å². The van der Waals surface area contributed by atoms with Crippen molar-refractivity contribution in [2.24, 2.45) is 0 Å². The predicted molar refractivity (Wildman–Crippen MR) is 85.5 cm³/mol. The van der Waals surface area contributed by atoms with Crippen LogP contribution in [0.5, 0.6) is 5.75 Å². The second kappa shape index (κ2) is 7.81. The lowest BCUT2D eigenvalue weighted by Crippen LogP contribution is -2.21. The summed E-state index contributed by atoms with van der Waals surface area (Å²) < 4.78 is 5.59. The van der Waals surface area contributed by atoms with Crippen molar-refractivity contribution in [3.05, 3.63) is 65.2 Å². The van der Waals surface area contributed by atoms with Gasteiger partial charge < -0.3 is 15.2 Å². The summed E-state index contributed by atoms with van der Waals surface area (Å²) in [6.07, 6.45) is -0.496. The average Bonchev–Trinajstić information content (AvgIpc) is 2.49. The summed E-state index contributed by atoms with van der Waals surface area (Å²) in [4.78, 5) is 0. The lowest BCUT2D eigenvalue weighted by atomic mass is 10.1. The van der Waals surface area contributed by atoms with Crippen LogP contribution in [-0.4, -0.2) is 18.3 Å². The van der Waals surface area contributed by atoms with Crippen LogP contribution in [0.1, 0.15) is 29.7 Å². The van der Waals surface area contributed by atoms with Crippen LogP contribution in [-0.2, 0) is 6.54 Å². The van der Waals surface area contributed by atoms with Crippen molar-refractivity contribution in [1.82, 2.24) is 5.32 Å². The van der Waals surface area contributed by atoms with E-state index in [9.17, 15) is 5.11 Å². The number of hydrogen-bond acceptors (Lipinski definition) is 3. The van der Waals surface area contributed by atoms with E-state index in [2.05, 4.69) is 5.32 Å². The average molecular weight is 285 g/mol. The standard InChI is InChI=1S/C18H23NO2/c1-3-21-18-10-5-4-8-16(18)12-19-13-17(20)15-9-6-7-14(2)11-15/h4-11,17,19-20H,3,12-13H2,1-2H3. The van der Waals surface area contributed by atoms with Crippen LogP contribution in [0.25, 0.3) is 0 Å². The van der Waals surface area contributed by atoms with Gasteiger partial charge in [-0.05, 0) is 25.5 Å². The van der Waals surface area contributed by atoms with E-state index in [0.717, 1.165) is 22.4 Å². The molecule has 0 saturated carbocycles. The van der Waals surface area contributed by atoms with Crippen LogP contribution in [0.15, 0.2) is 48.5 Å². The van der Waals surface area contributed by atoms with Crippen LogP contribution in [0, 0.1) is 6.92 Å². The van der Waals surface area contributed by atoms with E-state index in [1.807, 2.05) is 62.4 Å². The van der Waals surface area contributed by atoms with Gasteiger partial charge in [-0.15, -0.1) is 0 Å². The summed E-state index contributed by atoms with van der Waals surface area (Å²) in [5.74, 6) is 0.901. The number of aliphatic hydroxyl groups excluding tert-OH is 1. The molecular formula is C18H23NO2. The molecule has 3 nitrogen and oxygen atoms in total. The molecule has 2 aromatic carbocycles. The Labute approximate surface area is 126 Å². The maximum Gasteiger partial charge on any atom is 0.123 e. The molecule has 1 unspecified atom stereocenters. The second-order valence-electron chi connectivity index (χ2n) is 5.10. The van der Waals surface area contributed by atoms with Crippen molar-refractivity contribution < 1.29 is 9.84 Å². The molecule has 2 N–H and O–H groups in total. The van der Waals surface area contributed by atoms with Crippen molar-refractivity contribution in [3.8, 4) is 5.75 Å². The third-order valence-electron chi connectivity index (χ3n) is 3.35. The van der Waals surface area contributed by atoms with E-state index in [1.165, 1.54) is 0 Å². The van der Waals surface area contributed by atoms with E-state index in [-0.39, 0.29) is 0 Å². The predicted octanol–water partition coefficient (Wildman–Crippen LogP) is 3.22. The highest BCUT2D eigenvalue weighted by atomic mass is 16.5. The minimum absolute atomic E-state index is 0.496. The summed E-state index contributed by atoms with van der Waals surface area (Å²) in [5, 5.41) is 13.5. The van der Waals surface area contributed by atoms with Crippen LogP contribution in [0.3, 0.4) is 0 Å². The topological polar surface area (TPSA) is 41.5 Å². The molecule has 0 bridgehead atoms. The van der Waals surface area contributed by atoms with Crippen molar-refractivity contribution >= 4 is 0 Å². The SMILES string of the molecule is CCOc1ccccc1CNCC(O)c1cccc(C)c1. The number of rotatable bonds is 7. The van der Waals surface area contributed by atoms with Gasteiger partial charge in [-0.25, -0.2) is 0 Å². The van der Waals surface area contributed by atoms with Gasteiger partial charge in [0.15, 0.2) is 0 Å². The molecular weight excluding hydrogens is 262 g/mol. The molecule has 21 heavy (non-hydrogen) atoms. The number of para-hydroxylation sites is 1. The van der Waals surface area contributed by atoms with Crippen molar-refractivity contribution in [3.63, 3.8) is 0 Å². The molecule has 0 radical (unpaired) electrons. The highest BCUT2D eigenvalue weighted by Crippen LogP contribution is 2.18. The fourth-order valence-corrected chi connectivity index (χ4v) is 2.28. The quantitative estimate of drug-likeness (QED) is 0.820. The Morgan fingerprint density at radius 3 is 2.71 bits per heavy atom. The molecule has 0 spiro atoms. The summed E-state index contributed by atoms with van der Waals surface area (Å²) >= 11 is 0. The molecule has 0 saturated heterocycles. The van der Waals surface area contributed by atoms with Gasteiger partial charge in [-0.1, -0.05) is 48.0 Å². The third-order valence-corrected chi connectivity index (χ3v) is 3.35. The molecule has 112 valence electrons. The summed E-state index contributed by atoms with van der Waals surface area (Å²) in [6, 6.07) is 15.9. The normalized spacial score (nSPS) is 12.1. The van der Waals surface area contributed by atoms with Crippen LogP contribution in [0.4, 0.5) is 0 Å². The summed E-state index contributed by atoms with van der Waals surface area (Å²) in [7, 11) is 0. The van der Waals surface area contributed by atoms with Crippen LogP contribution < -0.4 is 10.1 Å². The first-order chi connectivity index (χ1) is 10.2. The number of ether oxygens (including phenoxy) is 1. The van der Waals surface area contributed by atoms with Crippen molar-refractivity contribution in [2.45, 2.75) is 26.5 Å². The van der Waals surface area contributed by atoms with Crippen LogP contribution >= 0.6 is 0 Å². The summed E-state index contributed by atoms with van der Waals surface area (Å²) in [6.45, 7) is 5.86. The number of nitrogens with one attached hydrogen (secondary N) is 1. The number of aliphatic hydroxyl groups is 1. The maximum atomic E-state index is 10.2. The maximum absolute atomic E-state index is 10.2. The number of hydrogen-bond donors (Lipinski definition) is 2. The zero-order valence-electron chi connectivity index (χ0n) is 12.7. The first-order valence-corrected chi connectivity index (χ1v) is 7.36. The first kappa shape index (κ1) is 15.5. The fourth-order valence-electron chi connectivity index (χ4n) is 2.28. The van der Waals surface area contributed by atoms with Crippen LogP contribution in [0.2, 0.25) is 0 Å². The minimum atomic E-state index is -0.496. The number of benzene rings is 2. The van der Waals surface area contributed by atoms with Gasteiger partial charge >= 0.3 is 0 Å². The van der Waals surface area contributed by atoms with Crippen molar-refractivity contribution in [2.75, 3.05) is 13.2 Å². The molecule has 0 amide bonds. The smallest absolute Gasteiger partial charge is 0.123 e. The molecule has 1 atom stereocenters.